The number of ketones is 1. The number of hydrogen-bond acceptors (Lipinski definition) is 6. The lowest BCUT2D eigenvalue weighted by atomic mass is 10.2. The van der Waals surface area contributed by atoms with Gasteiger partial charge in [-0.1, -0.05) is 0 Å². The Hall–Kier alpha value is -2.84. The molecule has 0 unspecified atom stereocenters. The van der Waals surface area contributed by atoms with Gasteiger partial charge in [0.15, 0.2) is 0 Å². The number of esters is 2. The average molecular weight is 324 g/mol. The van der Waals surface area contributed by atoms with Gasteiger partial charge in [0.2, 0.25) is 0 Å². The molecule has 1 aromatic rings. The zero-order chi connectivity index (χ0) is 17.1. The molecule has 9 heteroatoms. The Kier molecular flexibility index (Phi) is 4.68. The lowest BCUT2D eigenvalue weighted by molar-refractivity contribution is -0.137. The van der Waals surface area contributed by atoms with Gasteiger partial charge in [-0.25, -0.2) is 14.4 Å². The Balaban J connectivity index is 2.47. The largest absolute Gasteiger partial charge is 0.465 e. The minimum absolute atomic E-state index is 0.0103. The van der Waals surface area contributed by atoms with Crippen molar-refractivity contribution in [1.82, 2.24) is 9.47 Å². The number of nitrogens with zero attached hydrogens (tertiary/aromatic N) is 2. The second-order valence-corrected chi connectivity index (χ2v) is 4.79. The quantitative estimate of drug-likeness (QED) is 0.487. The van der Waals surface area contributed by atoms with E-state index in [1.165, 1.54) is 17.7 Å². The fraction of sp³-hybridized carbons (Fsp3) is 0.429. The van der Waals surface area contributed by atoms with Gasteiger partial charge in [0.1, 0.15) is 0 Å². The average Bonchev–Trinajstić information content (AvgIpc) is 2.92. The van der Waals surface area contributed by atoms with Crippen molar-refractivity contribution in [2.45, 2.75) is 20.0 Å². The maximum Gasteiger partial charge on any atom is 0.407 e. The predicted octanol–water partition coefficient (Wildman–Crippen LogP) is 0.514. The Bertz CT molecular complexity index is 677. The van der Waals surface area contributed by atoms with E-state index in [2.05, 4.69) is 9.47 Å². The first-order valence-electron chi connectivity index (χ1n) is 6.90. The SMILES string of the molecule is CCOC(=O)C(=O)c1cc(C(=O)OC)c2n1CCN(C(=O)O)C2. The summed E-state index contributed by atoms with van der Waals surface area (Å²) in [6.45, 7) is 1.84. The molecule has 0 saturated carbocycles. The summed E-state index contributed by atoms with van der Waals surface area (Å²) in [6, 6.07) is 1.24. The van der Waals surface area contributed by atoms with Crippen molar-refractivity contribution in [3.05, 3.63) is 23.0 Å². The van der Waals surface area contributed by atoms with Crippen LogP contribution in [-0.4, -0.2) is 58.7 Å². The zero-order valence-electron chi connectivity index (χ0n) is 12.7. The number of aromatic nitrogens is 1. The molecular formula is C14H16N2O7. The highest BCUT2D eigenvalue weighted by Gasteiger charge is 2.32. The molecule has 0 spiro atoms. The third-order valence-electron chi connectivity index (χ3n) is 3.51. The summed E-state index contributed by atoms with van der Waals surface area (Å²) < 4.78 is 10.8. The number of carbonyl (C=O) groups is 4. The molecule has 23 heavy (non-hydrogen) atoms. The zero-order valence-corrected chi connectivity index (χ0v) is 12.7. The van der Waals surface area contributed by atoms with E-state index in [4.69, 9.17) is 5.11 Å². The van der Waals surface area contributed by atoms with Crippen LogP contribution in [0.4, 0.5) is 4.79 Å². The number of carbonyl (C=O) groups excluding carboxylic acids is 3. The Morgan fingerprint density at radius 3 is 2.52 bits per heavy atom. The van der Waals surface area contributed by atoms with E-state index in [0.29, 0.717) is 5.69 Å². The van der Waals surface area contributed by atoms with E-state index >= 15 is 0 Å². The number of hydrogen-bond donors (Lipinski definition) is 1. The highest BCUT2D eigenvalue weighted by Crippen LogP contribution is 2.24. The monoisotopic (exact) mass is 324 g/mol. The summed E-state index contributed by atoms with van der Waals surface area (Å²) in [4.78, 5) is 47.9. The van der Waals surface area contributed by atoms with Gasteiger partial charge in [0, 0.05) is 13.1 Å². The van der Waals surface area contributed by atoms with Crippen LogP contribution in [-0.2, 0) is 27.4 Å². The lowest BCUT2D eigenvalue weighted by Crippen LogP contribution is -2.38. The maximum absolute atomic E-state index is 12.2. The lowest BCUT2D eigenvalue weighted by Gasteiger charge is -2.27. The van der Waals surface area contributed by atoms with Crippen molar-refractivity contribution < 1.29 is 33.8 Å². The molecular weight excluding hydrogens is 308 g/mol. The van der Waals surface area contributed by atoms with Crippen molar-refractivity contribution in [2.75, 3.05) is 20.3 Å². The van der Waals surface area contributed by atoms with Crippen LogP contribution in [0.5, 0.6) is 0 Å². The van der Waals surface area contributed by atoms with E-state index in [0.717, 1.165) is 4.90 Å². The molecule has 0 fully saturated rings. The minimum atomic E-state index is -1.13. The van der Waals surface area contributed by atoms with Crippen molar-refractivity contribution in [3.63, 3.8) is 0 Å². The molecule has 1 amide bonds. The normalized spacial score (nSPS) is 13.2. The van der Waals surface area contributed by atoms with Gasteiger partial charge < -0.3 is 24.0 Å². The molecule has 9 nitrogen and oxygen atoms in total. The fourth-order valence-corrected chi connectivity index (χ4v) is 2.43. The summed E-state index contributed by atoms with van der Waals surface area (Å²) in [5, 5.41) is 9.08. The molecule has 1 aliphatic heterocycles. The third-order valence-corrected chi connectivity index (χ3v) is 3.51. The number of ether oxygens (including phenoxy) is 2. The Labute approximate surface area is 131 Å². The second kappa shape index (κ2) is 6.51. The number of methoxy groups -OCH3 is 1. The van der Waals surface area contributed by atoms with E-state index in [1.54, 1.807) is 6.92 Å². The molecule has 2 rings (SSSR count). The third kappa shape index (κ3) is 3.03. The summed E-state index contributed by atoms with van der Waals surface area (Å²) in [5.41, 5.74) is 0.369. The summed E-state index contributed by atoms with van der Waals surface area (Å²) in [6.07, 6.45) is -1.13. The molecule has 0 bridgehead atoms. The number of rotatable bonds is 4. The molecule has 0 radical (unpaired) electrons. The molecule has 0 aliphatic carbocycles. The number of carboxylic acid groups (broad SMARTS) is 1. The van der Waals surface area contributed by atoms with Gasteiger partial charge in [-0.2, -0.15) is 0 Å². The number of fused-ring (bicyclic) bond motifs is 1. The molecule has 124 valence electrons. The molecule has 1 aliphatic rings. The molecule has 0 aromatic carbocycles. The van der Waals surface area contributed by atoms with Gasteiger partial charge in [-0.3, -0.25) is 4.79 Å². The summed E-state index contributed by atoms with van der Waals surface area (Å²) >= 11 is 0. The Morgan fingerprint density at radius 1 is 1.26 bits per heavy atom. The van der Waals surface area contributed by atoms with Gasteiger partial charge >= 0.3 is 18.0 Å². The first kappa shape index (κ1) is 16.5. The maximum atomic E-state index is 12.2. The van der Waals surface area contributed by atoms with Crippen molar-refractivity contribution >= 4 is 23.8 Å². The van der Waals surface area contributed by atoms with Crippen molar-refractivity contribution in [1.29, 1.82) is 0 Å². The number of Topliss-reactive ketones (excluding diaryl/α,β-unsaturated/α-hetero) is 1. The molecule has 2 heterocycles. The smallest absolute Gasteiger partial charge is 0.407 e. The van der Waals surface area contributed by atoms with E-state index in [-0.39, 0.29) is 37.5 Å². The van der Waals surface area contributed by atoms with Crippen LogP contribution >= 0.6 is 0 Å². The Morgan fingerprint density at radius 2 is 1.96 bits per heavy atom. The van der Waals surface area contributed by atoms with Gasteiger partial charge in [0.05, 0.1) is 37.2 Å². The fourth-order valence-electron chi connectivity index (χ4n) is 2.43. The molecule has 1 aromatic heterocycles. The van der Waals surface area contributed by atoms with E-state index in [9.17, 15) is 19.2 Å². The topological polar surface area (TPSA) is 115 Å². The highest BCUT2D eigenvalue weighted by molar-refractivity contribution is 6.40. The van der Waals surface area contributed by atoms with Crippen LogP contribution in [0.3, 0.4) is 0 Å². The van der Waals surface area contributed by atoms with Gasteiger partial charge in [0.25, 0.3) is 5.78 Å². The summed E-state index contributed by atoms with van der Waals surface area (Å²) in [7, 11) is 1.18. The molecule has 0 atom stereocenters. The number of amides is 1. The van der Waals surface area contributed by atoms with Crippen molar-refractivity contribution in [2.24, 2.45) is 0 Å². The first-order chi connectivity index (χ1) is 10.9. The standard InChI is InChI=1S/C14H16N2O7/c1-3-23-13(19)11(17)9-6-8(12(18)22-2)10-7-15(14(20)21)4-5-16(9)10/h6H,3-5,7H2,1-2H3,(H,20,21). The van der Waals surface area contributed by atoms with E-state index < -0.39 is 23.8 Å². The van der Waals surface area contributed by atoms with E-state index in [1.807, 2.05) is 0 Å². The molecule has 1 N–H and O–H groups in total. The minimum Gasteiger partial charge on any atom is -0.465 e. The van der Waals surface area contributed by atoms with Crippen LogP contribution in [0.2, 0.25) is 0 Å². The van der Waals surface area contributed by atoms with Crippen LogP contribution in [0.1, 0.15) is 33.5 Å². The van der Waals surface area contributed by atoms with Crippen LogP contribution in [0.25, 0.3) is 0 Å². The summed E-state index contributed by atoms with van der Waals surface area (Å²) in [5.74, 6) is -2.61. The van der Waals surface area contributed by atoms with Crippen molar-refractivity contribution in [3.8, 4) is 0 Å². The van der Waals surface area contributed by atoms with Crippen LogP contribution in [0, 0.1) is 0 Å². The first-order valence-corrected chi connectivity index (χ1v) is 6.90. The van der Waals surface area contributed by atoms with Crippen LogP contribution in [0.15, 0.2) is 6.07 Å². The predicted molar refractivity (Wildman–Crippen MR) is 75.2 cm³/mol. The van der Waals surface area contributed by atoms with Crippen LogP contribution < -0.4 is 0 Å². The second-order valence-electron chi connectivity index (χ2n) is 4.79. The molecule has 0 saturated heterocycles. The highest BCUT2D eigenvalue weighted by atomic mass is 16.5. The van der Waals surface area contributed by atoms with Gasteiger partial charge in [-0.15, -0.1) is 0 Å². The van der Waals surface area contributed by atoms with Gasteiger partial charge in [-0.05, 0) is 13.0 Å².